The summed E-state index contributed by atoms with van der Waals surface area (Å²) in [7, 11) is 0. The summed E-state index contributed by atoms with van der Waals surface area (Å²) in [6.45, 7) is 8.30. The van der Waals surface area contributed by atoms with Gasteiger partial charge in [-0.3, -0.25) is 9.59 Å². The van der Waals surface area contributed by atoms with Gasteiger partial charge in [0.15, 0.2) is 0 Å². The van der Waals surface area contributed by atoms with Crippen LogP contribution in [0.3, 0.4) is 0 Å². The molecule has 0 radical (unpaired) electrons. The Morgan fingerprint density at radius 1 is 1.24 bits per heavy atom. The highest BCUT2D eigenvalue weighted by molar-refractivity contribution is 5.66. The third kappa shape index (κ3) is 2.65. The molecule has 2 aliphatic carbocycles. The summed E-state index contributed by atoms with van der Waals surface area (Å²) in [6, 6.07) is 0. The first kappa shape index (κ1) is 16.9. The van der Waals surface area contributed by atoms with Gasteiger partial charge in [-0.05, 0) is 30.1 Å². The number of fused-ring (bicyclic) bond motifs is 4. The van der Waals surface area contributed by atoms with Crippen LogP contribution in [0.4, 0.5) is 0 Å². The average Bonchev–Trinajstić information content (AvgIpc) is 3.40. The molecule has 3 fully saturated rings. The van der Waals surface area contributed by atoms with Gasteiger partial charge in [-0.1, -0.05) is 13.8 Å². The molecule has 6 atom stereocenters. The molecule has 6 nitrogen and oxygen atoms in total. The Kier molecular flexibility index (Phi) is 3.69. The normalized spacial score (nSPS) is 42.9. The van der Waals surface area contributed by atoms with Crippen LogP contribution in [0.2, 0.25) is 0 Å². The summed E-state index contributed by atoms with van der Waals surface area (Å²) in [5.41, 5.74) is 0.928. The number of carbonyl (C=O) groups excluding carboxylic acids is 2. The van der Waals surface area contributed by atoms with Gasteiger partial charge in [-0.2, -0.15) is 0 Å². The van der Waals surface area contributed by atoms with Crippen molar-refractivity contribution in [3.8, 4) is 0 Å². The molecule has 0 N–H and O–H groups in total. The van der Waals surface area contributed by atoms with Crippen LogP contribution < -0.4 is 0 Å². The summed E-state index contributed by atoms with van der Waals surface area (Å²) in [5.74, 6) is 0.501. The molecule has 138 valence electrons. The number of hydrogen-bond donors (Lipinski definition) is 0. The largest absolute Gasteiger partial charge is 0.462 e. The van der Waals surface area contributed by atoms with Crippen LogP contribution in [0.1, 0.15) is 40.5 Å². The molecule has 0 aromatic heterocycles. The van der Waals surface area contributed by atoms with Crippen LogP contribution >= 0.6 is 0 Å². The number of rotatable bonds is 3. The molecular formula is C19H26O6. The highest BCUT2D eigenvalue weighted by Gasteiger charge is 2.72. The molecule has 6 heteroatoms. The minimum atomic E-state index is -0.638. The van der Waals surface area contributed by atoms with E-state index >= 15 is 0 Å². The van der Waals surface area contributed by atoms with Gasteiger partial charge in [0.2, 0.25) is 6.29 Å². The lowest BCUT2D eigenvalue weighted by Gasteiger charge is -2.40. The van der Waals surface area contributed by atoms with Gasteiger partial charge in [0, 0.05) is 25.3 Å². The molecule has 0 unspecified atom stereocenters. The second-order valence-corrected chi connectivity index (χ2v) is 8.48. The maximum Gasteiger partial charge on any atom is 0.305 e. The molecule has 0 bridgehead atoms. The Morgan fingerprint density at radius 2 is 1.96 bits per heavy atom. The zero-order valence-electron chi connectivity index (χ0n) is 15.2. The molecule has 2 aliphatic heterocycles. The Hall–Kier alpha value is -1.56. The van der Waals surface area contributed by atoms with Crippen molar-refractivity contribution in [2.24, 2.45) is 29.1 Å². The van der Waals surface area contributed by atoms with E-state index in [1.54, 1.807) is 6.26 Å². The zero-order chi connectivity index (χ0) is 18.0. The quantitative estimate of drug-likeness (QED) is 0.575. The maximum atomic E-state index is 11.6. The van der Waals surface area contributed by atoms with Gasteiger partial charge in [0.1, 0.15) is 12.2 Å². The molecule has 0 aromatic carbocycles. The van der Waals surface area contributed by atoms with E-state index < -0.39 is 6.29 Å². The Morgan fingerprint density at radius 3 is 2.56 bits per heavy atom. The standard InChI is InChI=1S/C19H26O6/c1-10(20)22-7-12-8-23-17(25-11(2)21)16-14(12)15-13(18(15,3)4)5-6-19(16)9-24-19/h8,13-17H,5-7,9H2,1-4H3/t13-,14+,15-,16-,17+,19+/m0/s1. The SMILES string of the molecule is CC(=O)OCC1=CO[C@H](OC(C)=O)[C@@H]2[C@H]1[C@@H]1[C@H](CC[C@@]23CO3)C1(C)C. The molecule has 2 saturated carbocycles. The van der Waals surface area contributed by atoms with E-state index in [-0.39, 0.29) is 41.4 Å². The number of carbonyl (C=O) groups is 2. The third-order valence-electron chi connectivity index (χ3n) is 6.71. The summed E-state index contributed by atoms with van der Waals surface area (Å²) >= 11 is 0. The molecule has 0 aromatic rings. The highest BCUT2D eigenvalue weighted by atomic mass is 16.7. The van der Waals surface area contributed by atoms with E-state index in [1.807, 2.05) is 0 Å². The predicted octanol–water partition coefficient (Wildman–Crippen LogP) is 2.42. The molecule has 1 saturated heterocycles. The van der Waals surface area contributed by atoms with Crippen molar-refractivity contribution < 1.29 is 28.5 Å². The fourth-order valence-electron chi connectivity index (χ4n) is 5.37. The summed E-state index contributed by atoms with van der Waals surface area (Å²) in [5, 5.41) is 0. The minimum Gasteiger partial charge on any atom is -0.462 e. The van der Waals surface area contributed by atoms with Gasteiger partial charge in [0.25, 0.3) is 0 Å². The first-order chi connectivity index (χ1) is 11.8. The van der Waals surface area contributed by atoms with Gasteiger partial charge in [-0.15, -0.1) is 0 Å². The Balaban J connectivity index is 1.70. The fourth-order valence-corrected chi connectivity index (χ4v) is 5.37. The van der Waals surface area contributed by atoms with E-state index in [2.05, 4.69) is 13.8 Å². The van der Waals surface area contributed by atoms with E-state index in [4.69, 9.17) is 18.9 Å². The van der Waals surface area contributed by atoms with Crippen molar-refractivity contribution in [3.63, 3.8) is 0 Å². The van der Waals surface area contributed by atoms with Crippen LogP contribution in [0.15, 0.2) is 11.8 Å². The number of epoxide rings is 1. The first-order valence-corrected chi connectivity index (χ1v) is 9.05. The van der Waals surface area contributed by atoms with Crippen molar-refractivity contribution in [2.75, 3.05) is 13.2 Å². The van der Waals surface area contributed by atoms with Crippen molar-refractivity contribution in [2.45, 2.75) is 52.4 Å². The van der Waals surface area contributed by atoms with Gasteiger partial charge in [-0.25, -0.2) is 0 Å². The Labute approximate surface area is 147 Å². The summed E-state index contributed by atoms with van der Waals surface area (Å²) < 4.78 is 22.5. The van der Waals surface area contributed by atoms with Crippen molar-refractivity contribution in [3.05, 3.63) is 11.8 Å². The summed E-state index contributed by atoms with van der Waals surface area (Å²) in [4.78, 5) is 22.9. The lowest BCUT2D eigenvalue weighted by Crippen LogP contribution is -2.47. The van der Waals surface area contributed by atoms with E-state index in [0.29, 0.717) is 18.4 Å². The lowest BCUT2D eigenvalue weighted by molar-refractivity contribution is -0.192. The van der Waals surface area contributed by atoms with Gasteiger partial charge in [0.05, 0.1) is 18.8 Å². The molecule has 0 amide bonds. The Bertz CT molecular complexity index is 632. The topological polar surface area (TPSA) is 74.4 Å². The third-order valence-corrected chi connectivity index (χ3v) is 6.71. The fraction of sp³-hybridized carbons (Fsp3) is 0.789. The van der Waals surface area contributed by atoms with Crippen molar-refractivity contribution >= 4 is 11.9 Å². The number of hydrogen-bond acceptors (Lipinski definition) is 6. The smallest absolute Gasteiger partial charge is 0.305 e. The molecule has 1 spiro atoms. The van der Waals surface area contributed by atoms with Crippen LogP contribution in [-0.2, 0) is 28.5 Å². The molecule has 2 heterocycles. The number of esters is 2. The second kappa shape index (κ2) is 5.47. The van der Waals surface area contributed by atoms with E-state index in [0.717, 1.165) is 18.4 Å². The zero-order valence-corrected chi connectivity index (χ0v) is 15.2. The average molecular weight is 350 g/mol. The van der Waals surface area contributed by atoms with Crippen LogP contribution in [0.5, 0.6) is 0 Å². The minimum absolute atomic E-state index is 0.0521. The van der Waals surface area contributed by atoms with Crippen LogP contribution in [0, 0.1) is 29.1 Å². The van der Waals surface area contributed by atoms with Crippen LogP contribution in [-0.4, -0.2) is 37.0 Å². The second-order valence-electron chi connectivity index (χ2n) is 8.48. The van der Waals surface area contributed by atoms with E-state index in [9.17, 15) is 9.59 Å². The molecule has 4 aliphatic rings. The maximum absolute atomic E-state index is 11.6. The first-order valence-electron chi connectivity index (χ1n) is 9.05. The van der Waals surface area contributed by atoms with Crippen molar-refractivity contribution in [1.29, 1.82) is 0 Å². The monoisotopic (exact) mass is 350 g/mol. The molecule has 4 rings (SSSR count). The van der Waals surface area contributed by atoms with Gasteiger partial charge < -0.3 is 18.9 Å². The molecular weight excluding hydrogens is 324 g/mol. The molecule has 25 heavy (non-hydrogen) atoms. The summed E-state index contributed by atoms with van der Waals surface area (Å²) in [6.07, 6.45) is 3.07. The van der Waals surface area contributed by atoms with Crippen molar-refractivity contribution in [1.82, 2.24) is 0 Å². The number of ether oxygens (including phenoxy) is 4. The predicted molar refractivity (Wildman–Crippen MR) is 87.0 cm³/mol. The lowest BCUT2D eigenvalue weighted by atomic mass is 9.72. The van der Waals surface area contributed by atoms with Crippen LogP contribution in [0.25, 0.3) is 0 Å². The highest BCUT2D eigenvalue weighted by Crippen LogP contribution is 2.71. The van der Waals surface area contributed by atoms with Gasteiger partial charge >= 0.3 is 11.9 Å². The van der Waals surface area contributed by atoms with E-state index in [1.165, 1.54) is 13.8 Å².